The van der Waals surface area contributed by atoms with Crippen LogP contribution in [0.2, 0.25) is 0 Å². The number of benzene rings is 1. The van der Waals surface area contributed by atoms with Crippen molar-refractivity contribution >= 4 is 27.7 Å². The van der Waals surface area contributed by atoms with Crippen molar-refractivity contribution in [1.29, 1.82) is 0 Å². The van der Waals surface area contributed by atoms with Gasteiger partial charge in [-0.15, -0.1) is 0 Å². The van der Waals surface area contributed by atoms with E-state index in [2.05, 4.69) is 10.5 Å². The molecule has 0 aliphatic carbocycles. The molecule has 118 valence electrons. The molecule has 2 aromatic rings. The molecule has 1 aliphatic rings. The number of nitrogens with two attached hydrogens (primary N) is 1. The van der Waals surface area contributed by atoms with Crippen LogP contribution < -0.4 is 10.6 Å². The lowest BCUT2D eigenvalue weighted by Crippen LogP contribution is -2.12. The molecule has 0 unspecified atom stereocenters. The van der Waals surface area contributed by atoms with Crippen molar-refractivity contribution in [3.63, 3.8) is 0 Å². The molecule has 0 bridgehead atoms. The summed E-state index contributed by atoms with van der Waals surface area (Å²) in [4.78, 5) is 11.6. The standard InChI is InChI=1S/C15H13N3O4S/c1-9-13(15(19)18-17-9)8-11-4-7-14(22-11)10-2-5-12(6-3-10)23(16,20)21/h2-8H,1H3,(H,18,19)(H2,16,20,21). The molecular formula is C15H13N3O4S. The van der Waals surface area contributed by atoms with Crippen molar-refractivity contribution in [2.24, 2.45) is 10.2 Å². The van der Waals surface area contributed by atoms with Gasteiger partial charge in [-0.25, -0.2) is 19.0 Å². The van der Waals surface area contributed by atoms with E-state index < -0.39 is 10.0 Å². The van der Waals surface area contributed by atoms with E-state index in [1.165, 1.54) is 12.1 Å². The van der Waals surface area contributed by atoms with Crippen LogP contribution in [-0.4, -0.2) is 20.0 Å². The Hall–Kier alpha value is -2.71. The van der Waals surface area contributed by atoms with Gasteiger partial charge >= 0.3 is 0 Å². The highest BCUT2D eigenvalue weighted by Gasteiger charge is 2.19. The van der Waals surface area contributed by atoms with Crippen molar-refractivity contribution in [2.45, 2.75) is 11.8 Å². The molecule has 0 atom stereocenters. The normalized spacial score (nSPS) is 16.5. The van der Waals surface area contributed by atoms with Crippen LogP contribution >= 0.6 is 0 Å². The van der Waals surface area contributed by atoms with Crippen LogP contribution in [0.3, 0.4) is 0 Å². The lowest BCUT2D eigenvalue weighted by molar-refractivity contribution is -0.116. The third-order valence-corrected chi connectivity index (χ3v) is 4.27. The fourth-order valence-electron chi connectivity index (χ4n) is 2.13. The van der Waals surface area contributed by atoms with Gasteiger partial charge in [0.25, 0.3) is 5.91 Å². The van der Waals surface area contributed by atoms with E-state index in [1.54, 1.807) is 37.3 Å². The molecule has 0 saturated carbocycles. The summed E-state index contributed by atoms with van der Waals surface area (Å²) in [6.45, 7) is 1.72. The SMILES string of the molecule is CC1=NNC(=O)C1=Cc1ccc(-c2ccc(S(N)(=O)=O)cc2)o1. The zero-order valence-electron chi connectivity index (χ0n) is 12.1. The molecule has 1 aromatic heterocycles. The molecule has 2 heterocycles. The topological polar surface area (TPSA) is 115 Å². The lowest BCUT2D eigenvalue weighted by Gasteiger charge is -2.00. The molecule has 23 heavy (non-hydrogen) atoms. The van der Waals surface area contributed by atoms with Gasteiger partial charge in [-0.05, 0) is 49.4 Å². The second kappa shape index (κ2) is 5.49. The number of nitrogens with zero attached hydrogens (tertiary/aromatic N) is 1. The van der Waals surface area contributed by atoms with Crippen molar-refractivity contribution in [2.75, 3.05) is 0 Å². The van der Waals surface area contributed by atoms with Crippen molar-refractivity contribution in [3.05, 3.63) is 47.7 Å². The average molecular weight is 331 g/mol. The van der Waals surface area contributed by atoms with Gasteiger partial charge in [0.1, 0.15) is 11.5 Å². The van der Waals surface area contributed by atoms with Crippen molar-refractivity contribution in [1.82, 2.24) is 5.43 Å². The van der Waals surface area contributed by atoms with Gasteiger partial charge in [0.05, 0.1) is 16.2 Å². The lowest BCUT2D eigenvalue weighted by atomic mass is 10.1. The van der Waals surface area contributed by atoms with Crippen LogP contribution in [0.4, 0.5) is 0 Å². The quantitative estimate of drug-likeness (QED) is 0.829. The average Bonchev–Trinajstić information content (AvgIpc) is 3.09. The fourth-order valence-corrected chi connectivity index (χ4v) is 2.64. The van der Waals surface area contributed by atoms with Gasteiger partial charge in [-0.3, -0.25) is 4.79 Å². The minimum Gasteiger partial charge on any atom is -0.457 e. The highest BCUT2D eigenvalue weighted by atomic mass is 32.2. The first-order chi connectivity index (χ1) is 10.8. The molecule has 1 aliphatic heterocycles. The molecule has 8 heteroatoms. The monoisotopic (exact) mass is 331 g/mol. The summed E-state index contributed by atoms with van der Waals surface area (Å²) in [6, 6.07) is 9.47. The number of carbonyl (C=O) groups excluding carboxylic acids is 1. The van der Waals surface area contributed by atoms with E-state index in [-0.39, 0.29) is 10.8 Å². The number of hydrogen-bond donors (Lipinski definition) is 2. The first kappa shape index (κ1) is 15.2. The maximum atomic E-state index is 11.6. The third-order valence-electron chi connectivity index (χ3n) is 3.34. The summed E-state index contributed by atoms with van der Waals surface area (Å²) in [5, 5.41) is 8.89. The van der Waals surface area contributed by atoms with E-state index in [9.17, 15) is 13.2 Å². The number of amides is 1. The highest BCUT2D eigenvalue weighted by Crippen LogP contribution is 2.25. The maximum absolute atomic E-state index is 11.6. The second-order valence-electron chi connectivity index (χ2n) is 4.97. The molecule has 3 rings (SSSR count). The summed E-state index contributed by atoms with van der Waals surface area (Å²) in [7, 11) is -3.72. The Balaban J connectivity index is 1.89. The summed E-state index contributed by atoms with van der Waals surface area (Å²) >= 11 is 0. The Morgan fingerprint density at radius 1 is 1.17 bits per heavy atom. The molecule has 3 N–H and O–H groups in total. The van der Waals surface area contributed by atoms with Gasteiger partial charge in [-0.1, -0.05) is 0 Å². The molecule has 1 amide bonds. The molecule has 7 nitrogen and oxygen atoms in total. The molecule has 0 fully saturated rings. The predicted molar refractivity (Wildman–Crippen MR) is 84.7 cm³/mol. The van der Waals surface area contributed by atoms with E-state index in [4.69, 9.17) is 9.56 Å². The molecule has 0 radical (unpaired) electrons. The maximum Gasteiger partial charge on any atom is 0.273 e. The second-order valence-corrected chi connectivity index (χ2v) is 6.53. The Kier molecular flexibility index (Phi) is 3.63. The summed E-state index contributed by atoms with van der Waals surface area (Å²) in [6.07, 6.45) is 1.60. The van der Waals surface area contributed by atoms with Crippen LogP contribution in [0.1, 0.15) is 12.7 Å². The highest BCUT2D eigenvalue weighted by molar-refractivity contribution is 7.89. The van der Waals surface area contributed by atoms with E-state index >= 15 is 0 Å². The van der Waals surface area contributed by atoms with Gasteiger partial charge in [0, 0.05) is 5.56 Å². The molecule has 0 spiro atoms. The van der Waals surface area contributed by atoms with Crippen LogP contribution in [0.25, 0.3) is 17.4 Å². The zero-order chi connectivity index (χ0) is 16.6. The van der Waals surface area contributed by atoms with Crippen molar-refractivity contribution in [3.8, 4) is 11.3 Å². The van der Waals surface area contributed by atoms with Crippen LogP contribution in [0, 0.1) is 0 Å². The summed E-state index contributed by atoms with van der Waals surface area (Å²) in [5.74, 6) is 0.765. The number of primary sulfonamides is 1. The van der Waals surface area contributed by atoms with E-state index in [0.717, 1.165) is 0 Å². The number of furan rings is 1. The number of hydrogen-bond acceptors (Lipinski definition) is 5. The largest absolute Gasteiger partial charge is 0.457 e. The van der Waals surface area contributed by atoms with Gasteiger partial charge in [0.15, 0.2) is 0 Å². The van der Waals surface area contributed by atoms with Gasteiger partial charge in [-0.2, -0.15) is 5.10 Å². The van der Waals surface area contributed by atoms with E-state index in [1.807, 2.05) is 0 Å². The van der Waals surface area contributed by atoms with Crippen LogP contribution in [-0.2, 0) is 14.8 Å². The molecule has 0 saturated heterocycles. The molecule has 1 aromatic carbocycles. The Morgan fingerprint density at radius 2 is 1.87 bits per heavy atom. The fraction of sp³-hybridized carbons (Fsp3) is 0.0667. The zero-order valence-corrected chi connectivity index (χ0v) is 12.9. The minimum atomic E-state index is -3.72. The third kappa shape index (κ3) is 3.08. The van der Waals surface area contributed by atoms with Crippen LogP contribution in [0.5, 0.6) is 0 Å². The summed E-state index contributed by atoms with van der Waals surface area (Å²) < 4.78 is 28.1. The minimum absolute atomic E-state index is 0.0320. The number of sulfonamides is 1. The van der Waals surface area contributed by atoms with Crippen molar-refractivity contribution < 1.29 is 17.6 Å². The Labute approximate surface area is 132 Å². The Bertz CT molecular complexity index is 937. The predicted octanol–water partition coefficient (Wildman–Crippen LogP) is 1.48. The van der Waals surface area contributed by atoms with Gasteiger partial charge in [0.2, 0.25) is 10.0 Å². The first-order valence-corrected chi connectivity index (χ1v) is 8.19. The number of rotatable bonds is 3. The first-order valence-electron chi connectivity index (χ1n) is 6.64. The summed E-state index contributed by atoms with van der Waals surface area (Å²) in [5.41, 5.74) is 4.09. The number of carbonyl (C=O) groups is 1. The molecular weight excluding hydrogens is 318 g/mol. The number of hydrazone groups is 1. The smallest absolute Gasteiger partial charge is 0.273 e. The van der Waals surface area contributed by atoms with Gasteiger partial charge < -0.3 is 4.42 Å². The Morgan fingerprint density at radius 3 is 2.43 bits per heavy atom. The van der Waals surface area contributed by atoms with E-state index in [0.29, 0.717) is 28.4 Å². The number of nitrogens with one attached hydrogen (secondary N) is 1. The van der Waals surface area contributed by atoms with Crippen LogP contribution in [0.15, 0.2) is 56.4 Å².